The van der Waals surface area contributed by atoms with E-state index in [4.69, 9.17) is 26.3 Å². The molecular weight excluding hydrogens is 450 g/mol. The second-order valence-corrected chi connectivity index (χ2v) is 10.0. The highest BCUT2D eigenvalue weighted by molar-refractivity contribution is 7.99. The highest BCUT2D eigenvalue weighted by Crippen LogP contribution is 2.31. The molecule has 0 aliphatic carbocycles. The van der Waals surface area contributed by atoms with Crippen LogP contribution in [-0.4, -0.2) is 41.8 Å². The lowest BCUT2D eigenvalue weighted by Gasteiger charge is -2.11. The Labute approximate surface area is 195 Å². The van der Waals surface area contributed by atoms with E-state index in [-0.39, 0.29) is 0 Å². The number of aromatic nitrogens is 3. The van der Waals surface area contributed by atoms with Crippen LogP contribution in [-0.2, 0) is 17.7 Å². The van der Waals surface area contributed by atoms with E-state index in [1.165, 1.54) is 4.21 Å². The van der Waals surface area contributed by atoms with Crippen LogP contribution in [0, 0.1) is 0 Å². The first-order chi connectivity index (χ1) is 15.2. The van der Waals surface area contributed by atoms with Crippen LogP contribution < -0.4 is 10.0 Å². The van der Waals surface area contributed by atoms with Gasteiger partial charge in [-0.05, 0) is 43.0 Å². The predicted octanol–water partition coefficient (Wildman–Crippen LogP) is 5.61. The van der Waals surface area contributed by atoms with E-state index in [1.54, 1.807) is 30.4 Å². The molecule has 0 atom stereocenters. The van der Waals surface area contributed by atoms with Crippen LogP contribution in [0.25, 0.3) is 21.9 Å². The first-order valence-electron chi connectivity index (χ1n) is 10.3. The lowest BCUT2D eigenvalue weighted by molar-refractivity contribution is 0.199. The van der Waals surface area contributed by atoms with Crippen molar-refractivity contribution in [1.29, 1.82) is 0 Å². The van der Waals surface area contributed by atoms with Crippen molar-refractivity contribution in [2.24, 2.45) is 0 Å². The second-order valence-electron chi connectivity index (χ2n) is 7.11. The van der Waals surface area contributed by atoms with Gasteiger partial charge < -0.3 is 14.6 Å². The lowest BCUT2D eigenvalue weighted by Crippen LogP contribution is -2.10. The summed E-state index contributed by atoms with van der Waals surface area (Å²) in [7, 11) is 3.63. The van der Waals surface area contributed by atoms with Crippen LogP contribution in [0.4, 0.5) is 5.82 Å². The fourth-order valence-electron chi connectivity index (χ4n) is 3.62. The Balaban J connectivity index is 1.52. The number of halogens is 1. The Bertz CT molecular complexity index is 1160. The quantitative estimate of drug-likeness (QED) is 0.217. The van der Waals surface area contributed by atoms with E-state index >= 15 is 0 Å². The van der Waals surface area contributed by atoms with Gasteiger partial charge in [0.2, 0.25) is 0 Å². The molecule has 0 aliphatic heterocycles. The number of para-hydroxylation sites is 1. The molecule has 3 aromatic heterocycles. The number of aryl methyl sites for hydroxylation is 1. The van der Waals surface area contributed by atoms with Gasteiger partial charge in [-0.1, -0.05) is 29.8 Å². The normalized spacial score (nSPS) is 11.6. The molecule has 0 fully saturated rings. The number of thiophene rings is 1. The van der Waals surface area contributed by atoms with Crippen molar-refractivity contribution in [3.63, 3.8) is 0 Å². The van der Waals surface area contributed by atoms with Gasteiger partial charge in [0.05, 0.1) is 26.2 Å². The van der Waals surface area contributed by atoms with E-state index in [0.29, 0.717) is 6.61 Å². The van der Waals surface area contributed by atoms with E-state index in [2.05, 4.69) is 32.8 Å². The van der Waals surface area contributed by atoms with Crippen LogP contribution in [0.3, 0.4) is 0 Å². The number of hydrogen-bond donors (Lipinski definition) is 2. The van der Waals surface area contributed by atoms with Gasteiger partial charge in [0, 0.05) is 39.1 Å². The van der Waals surface area contributed by atoms with Gasteiger partial charge in [0.25, 0.3) is 0 Å². The number of imidazole rings is 1. The molecule has 31 heavy (non-hydrogen) atoms. The fraction of sp³-hybridized carbons (Fsp3) is 0.364. The molecule has 0 spiro atoms. The third-order valence-electron chi connectivity index (χ3n) is 5.06. The molecule has 0 saturated carbocycles. The smallest absolute Gasteiger partial charge is 0.154 e. The number of nitrogens with zero attached hydrogens (tertiary/aromatic N) is 3. The Morgan fingerprint density at radius 1 is 1.16 bits per heavy atom. The predicted molar refractivity (Wildman–Crippen MR) is 133 cm³/mol. The molecule has 0 aliphatic rings. The number of ether oxygens (including phenoxy) is 1. The van der Waals surface area contributed by atoms with Crippen molar-refractivity contribution in [1.82, 2.24) is 19.3 Å². The molecule has 6 nitrogen and oxygen atoms in total. The van der Waals surface area contributed by atoms with Gasteiger partial charge >= 0.3 is 0 Å². The summed E-state index contributed by atoms with van der Waals surface area (Å²) in [6, 6.07) is 12.2. The standard InChI is InChI=1S/C22H26ClN5OS2/c1-24-22-20-21(15-7-3-4-8-16(15)26-22)28(18(27-20)11-14-29-2)13-6-5-12-25-31-19-10-9-17(23)30-19/h3-4,7-10,25H,5-6,11-14H2,1-2H3,(H,24,26). The average molecular weight is 476 g/mol. The highest BCUT2D eigenvalue weighted by Gasteiger charge is 2.17. The summed E-state index contributed by atoms with van der Waals surface area (Å²) in [5.41, 5.74) is 3.05. The summed E-state index contributed by atoms with van der Waals surface area (Å²) in [5, 5.41) is 4.36. The number of anilines is 1. The molecular formula is C22H26ClN5OS2. The molecule has 0 saturated heterocycles. The summed E-state index contributed by atoms with van der Waals surface area (Å²) >= 11 is 9.23. The Morgan fingerprint density at radius 3 is 2.81 bits per heavy atom. The maximum atomic E-state index is 5.99. The number of fused-ring (bicyclic) bond motifs is 3. The molecule has 9 heteroatoms. The number of nitrogens with one attached hydrogen (secondary N) is 2. The van der Waals surface area contributed by atoms with Gasteiger partial charge in [0.15, 0.2) is 5.82 Å². The molecule has 3 heterocycles. The molecule has 0 unspecified atom stereocenters. The zero-order valence-electron chi connectivity index (χ0n) is 17.7. The van der Waals surface area contributed by atoms with E-state index in [9.17, 15) is 0 Å². The average Bonchev–Trinajstić information content (AvgIpc) is 3.37. The molecule has 0 radical (unpaired) electrons. The molecule has 4 rings (SSSR count). The maximum Gasteiger partial charge on any atom is 0.154 e. The molecule has 0 bridgehead atoms. The zero-order valence-corrected chi connectivity index (χ0v) is 20.0. The monoisotopic (exact) mass is 475 g/mol. The minimum atomic E-state index is 0.644. The topological polar surface area (TPSA) is 64.0 Å². The van der Waals surface area contributed by atoms with Crippen LogP contribution in [0.5, 0.6) is 0 Å². The van der Waals surface area contributed by atoms with Crippen molar-refractivity contribution in [3.8, 4) is 0 Å². The Hall–Kier alpha value is -1.84. The number of hydrogen-bond acceptors (Lipinski definition) is 7. The molecule has 164 valence electrons. The number of unbranched alkanes of at least 4 members (excludes halogenated alkanes) is 1. The van der Waals surface area contributed by atoms with Crippen molar-refractivity contribution >= 4 is 62.6 Å². The van der Waals surface area contributed by atoms with E-state index in [0.717, 1.165) is 70.3 Å². The fourth-order valence-corrected chi connectivity index (χ4v) is 5.67. The molecule has 1 aromatic carbocycles. The molecule has 0 amide bonds. The summed E-state index contributed by atoms with van der Waals surface area (Å²) in [6.07, 6.45) is 2.89. The summed E-state index contributed by atoms with van der Waals surface area (Å²) in [5.74, 6) is 1.86. The number of rotatable bonds is 11. The summed E-state index contributed by atoms with van der Waals surface area (Å²) < 4.78 is 13.1. The first kappa shape index (κ1) is 22.4. The third-order valence-corrected chi connectivity index (χ3v) is 7.27. The molecule has 4 aromatic rings. The van der Waals surface area contributed by atoms with Crippen molar-refractivity contribution < 1.29 is 4.74 Å². The van der Waals surface area contributed by atoms with Crippen molar-refractivity contribution in [2.45, 2.75) is 30.0 Å². The Morgan fingerprint density at radius 2 is 2.03 bits per heavy atom. The van der Waals surface area contributed by atoms with Crippen LogP contribution in [0.1, 0.15) is 18.7 Å². The minimum absolute atomic E-state index is 0.644. The highest BCUT2D eigenvalue weighted by atomic mass is 35.5. The first-order valence-corrected chi connectivity index (χ1v) is 12.3. The van der Waals surface area contributed by atoms with E-state index < -0.39 is 0 Å². The molecule has 2 N–H and O–H groups in total. The summed E-state index contributed by atoms with van der Waals surface area (Å²) in [6.45, 7) is 2.49. The SMILES string of the molecule is CNc1nc2ccccc2c2c1nc(CCOC)n2CCCCNSc1ccc(Cl)s1. The van der Waals surface area contributed by atoms with Gasteiger partial charge in [-0.3, -0.25) is 4.72 Å². The third kappa shape index (κ3) is 5.15. The van der Waals surface area contributed by atoms with Gasteiger partial charge in [-0.2, -0.15) is 0 Å². The summed E-state index contributed by atoms with van der Waals surface area (Å²) in [4.78, 5) is 9.72. The Kier molecular flexibility index (Phi) is 7.68. The number of methoxy groups -OCH3 is 1. The largest absolute Gasteiger partial charge is 0.384 e. The lowest BCUT2D eigenvalue weighted by atomic mass is 10.2. The van der Waals surface area contributed by atoms with Crippen molar-refractivity contribution in [2.75, 3.05) is 32.6 Å². The maximum absolute atomic E-state index is 5.99. The van der Waals surface area contributed by atoms with Gasteiger partial charge in [-0.15, -0.1) is 11.3 Å². The van der Waals surface area contributed by atoms with Crippen LogP contribution >= 0.6 is 34.9 Å². The van der Waals surface area contributed by atoms with Gasteiger partial charge in [-0.25, -0.2) is 9.97 Å². The number of benzene rings is 1. The number of pyridine rings is 1. The van der Waals surface area contributed by atoms with E-state index in [1.807, 2.05) is 25.2 Å². The second kappa shape index (κ2) is 10.7. The van der Waals surface area contributed by atoms with Crippen LogP contribution in [0.2, 0.25) is 4.34 Å². The van der Waals surface area contributed by atoms with Crippen LogP contribution in [0.15, 0.2) is 40.6 Å². The zero-order chi connectivity index (χ0) is 21.6. The van der Waals surface area contributed by atoms with Gasteiger partial charge in [0.1, 0.15) is 11.3 Å². The van der Waals surface area contributed by atoms with Crippen molar-refractivity contribution in [3.05, 3.63) is 46.6 Å². The minimum Gasteiger partial charge on any atom is -0.384 e.